The minimum absolute atomic E-state index is 0.0728. The molecule has 2 aromatic carbocycles. The molecule has 2 aromatic rings. The third kappa shape index (κ3) is 1.92. The average molecular weight is 279 g/mol. The Morgan fingerprint density at radius 1 is 1.05 bits per heavy atom. The zero-order chi connectivity index (χ0) is 14.4. The summed E-state index contributed by atoms with van der Waals surface area (Å²) >= 11 is 0. The van der Waals surface area contributed by atoms with Crippen molar-refractivity contribution in [3.63, 3.8) is 0 Å². The van der Waals surface area contributed by atoms with Gasteiger partial charge in [0.25, 0.3) is 5.91 Å². The summed E-state index contributed by atoms with van der Waals surface area (Å²) in [6.07, 6.45) is 1.19. The van der Waals surface area contributed by atoms with Crippen molar-refractivity contribution in [2.24, 2.45) is 0 Å². The van der Waals surface area contributed by atoms with Crippen LogP contribution in [-0.4, -0.2) is 18.1 Å². The number of fused-ring (bicyclic) bond motifs is 2. The Hall–Kier alpha value is -2.29. The topological polar surface area (TPSA) is 29.5 Å². The Kier molecular flexibility index (Phi) is 2.74. The summed E-state index contributed by atoms with van der Waals surface area (Å²) in [5.74, 6) is 0.916. The number of anilines is 1. The number of rotatable bonds is 1. The van der Waals surface area contributed by atoms with E-state index in [9.17, 15) is 4.79 Å². The van der Waals surface area contributed by atoms with E-state index in [0.29, 0.717) is 6.42 Å². The van der Waals surface area contributed by atoms with Gasteiger partial charge >= 0.3 is 0 Å². The van der Waals surface area contributed by atoms with E-state index in [1.54, 1.807) is 0 Å². The number of carbonyl (C=O) groups excluding carboxylic acids is 1. The average Bonchev–Trinajstić information content (AvgIpc) is 3.06. The highest BCUT2D eigenvalue weighted by atomic mass is 16.5. The third-order valence-electron chi connectivity index (χ3n) is 4.37. The fourth-order valence-corrected chi connectivity index (χ4v) is 3.38. The first kappa shape index (κ1) is 12.5. The van der Waals surface area contributed by atoms with E-state index in [-0.39, 0.29) is 11.9 Å². The standard InChI is InChI=1S/C18H17NO2/c1-12-10-13-6-2-4-8-15(13)19(12)18(20)17-11-14-7-3-5-9-16(14)21-17/h2-9,12,17H,10-11H2,1H3. The molecule has 0 N–H and O–H groups in total. The molecular weight excluding hydrogens is 262 g/mol. The minimum Gasteiger partial charge on any atom is -0.480 e. The van der Waals surface area contributed by atoms with Crippen molar-refractivity contribution in [2.45, 2.75) is 31.9 Å². The van der Waals surface area contributed by atoms with E-state index < -0.39 is 6.10 Å². The number of benzene rings is 2. The van der Waals surface area contributed by atoms with Crippen molar-refractivity contribution in [3.05, 3.63) is 59.7 Å². The van der Waals surface area contributed by atoms with Crippen molar-refractivity contribution in [3.8, 4) is 5.75 Å². The van der Waals surface area contributed by atoms with Crippen LogP contribution in [-0.2, 0) is 17.6 Å². The summed E-state index contributed by atoms with van der Waals surface area (Å²) < 4.78 is 5.85. The number of ether oxygens (including phenoxy) is 1. The number of nitrogens with zero attached hydrogens (tertiary/aromatic N) is 1. The Labute approximate surface area is 124 Å². The molecule has 0 radical (unpaired) electrons. The van der Waals surface area contributed by atoms with Crippen molar-refractivity contribution >= 4 is 11.6 Å². The summed E-state index contributed by atoms with van der Waals surface area (Å²) in [6, 6.07) is 16.2. The monoisotopic (exact) mass is 279 g/mol. The molecule has 1 amide bonds. The number of amides is 1. The predicted octanol–water partition coefficient (Wildman–Crippen LogP) is 2.97. The fraction of sp³-hybridized carbons (Fsp3) is 0.278. The molecule has 3 heteroatoms. The normalized spacial score (nSPS) is 22.6. The van der Waals surface area contributed by atoms with Gasteiger partial charge in [0.05, 0.1) is 0 Å². The Morgan fingerprint density at radius 3 is 2.57 bits per heavy atom. The van der Waals surface area contributed by atoms with E-state index in [0.717, 1.165) is 23.4 Å². The Morgan fingerprint density at radius 2 is 1.76 bits per heavy atom. The Bertz CT molecular complexity index is 685. The highest BCUT2D eigenvalue weighted by Crippen LogP contribution is 2.35. The van der Waals surface area contributed by atoms with Gasteiger partial charge in [-0.3, -0.25) is 4.79 Å². The molecule has 0 aromatic heterocycles. The molecule has 2 unspecified atom stereocenters. The zero-order valence-electron chi connectivity index (χ0n) is 12.0. The van der Waals surface area contributed by atoms with Gasteiger partial charge in [0.2, 0.25) is 0 Å². The lowest BCUT2D eigenvalue weighted by atomic mass is 10.1. The van der Waals surface area contributed by atoms with Crippen LogP contribution in [0.1, 0.15) is 18.1 Å². The molecule has 106 valence electrons. The van der Waals surface area contributed by atoms with Crippen molar-refractivity contribution in [1.82, 2.24) is 0 Å². The van der Waals surface area contributed by atoms with Gasteiger partial charge in [-0.15, -0.1) is 0 Å². The first-order valence-electron chi connectivity index (χ1n) is 7.39. The number of para-hydroxylation sites is 2. The molecule has 21 heavy (non-hydrogen) atoms. The van der Waals surface area contributed by atoms with Gasteiger partial charge < -0.3 is 9.64 Å². The molecule has 0 fully saturated rings. The van der Waals surface area contributed by atoms with Gasteiger partial charge in [-0.25, -0.2) is 0 Å². The number of hydrogen-bond acceptors (Lipinski definition) is 2. The summed E-state index contributed by atoms with van der Waals surface area (Å²) in [5.41, 5.74) is 3.40. The van der Waals surface area contributed by atoms with Gasteiger partial charge in [0, 0.05) is 18.2 Å². The largest absolute Gasteiger partial charge is 0.480 e. The molecule has 4 rings (SSSR count). The zero-order valence-corrected chi connectivity index (χ0v) is 12.0. The highest BCUT2D eigenvalue weighted by molar-refractivity contribution is 5.99. The van der Waals surface area contributed by atoms with E-state index in [4.69, 9.17) is 4.74 Å². The van der Waals surface area contributed by atoms with Crippen LogP contribution in [0, 0.1) is 0 Å². The van der Waals surface area contributed by atoms with E-state index in [1.807, 2.05) is 47.4 Å². The van der Waals surface area contributed by atoms with E-state index in [2.05, 4.69) is 13.0 Å². The van der Waals surface area contributed by atoms with Crippen molar-refractivity contribution in [1.29, 1.82) is 0 Å². The second-order valence-electron chi connectivity index (χ2n) is 5.81. The van der Waals surface area contributed by atoms with Crippen molar-refractivity contribution < 1.29 is 9.53 Å². The summed E-state index contributed by atoms with van der Waals surface area (Å²) in [5, 5.41) is 0. The quantitative estimate of drug-likeness (QED) is 0.803. The van der Waals surface area contributed by atoms with Gasteiger partial charge in [-0.2, -0.15) is 0 Å². The highest BCUT2D eigenvalue weighted by Gasteiger charge is 2.38. The van der Waals surface area contributed by atoms with Crippen LogP contribution < -0.4 is 9.64 Å². The molecule has 0 saturated carbocycles. The Balaban J connectivity index is 1.62. The molecule has 2 atom stereocenters. The van der Waals surface area contributed by atoms with Crippen LogP contribution in [0.2, 0.25) is 0 Å². The first-order chi connectivity index (χ1) is 10.2. The maximum absolute atomic E-state index is 12.9. The minimum atomic E-state index is -0.393. The SMILES string of the molecule is CC1Cc2ccccc2N1C(=O)C1Cc2ccccc2O1. The third-order valence-corrected chi connectivity index (χ3v) is 4.37. The molecular formula is C18H17NO2. The molecule has 0 bridgehead atoms. The lowest BCUT2D eigenvalue weighted by Crippen LogP contribution is -2.44. The van der Waals surface area contributed by atoms with Crippen LogP contribution in [0.3, 0.4) is 0 Å². The van der Waals surface area contributed by atoms with Gasteiger partial charge in [0.15, 0.2) is 6.10 Å². The fourth-order valence-electron chi connectivity index (χ4n) is 3.38. The number of carbonyl (C=O) groups is 1. The van der Waals surface area contributed by atoms with Crippen LogP contribution in [0.5, 0.6) is 5.75 Å². The van der Waals surface area contributed by atoms with Gasteiger partial charge in [0.1, 0.15) is 5.75 Å². The van der Waals surface area contributed by atoms with Gasteiger partial charge in [-0.05, 0) is 36.6 Å². The molecule has 0 spiro atoms. The molecule has 3 nitrogen and oxygen atoms in total. The smallest absolute Gasteiger partial charge is 0.268 e. The molecule has 2 aliphatic rings. The number of hydrogen-bond donors (Lipinski definition) is 0. The molecule has 2 aliphatic heterocycles. The second kappa shape index (κ2) is 4.62. The molecule has 0 saturated heterocycles. The van der Waals surface area contributed by atoms with Gasteiger partial charge in [-0.1, -0.05) is 36.4 Å². The maximum atomic E-state index is 12.9. The summed E-state index contributed by atoms with van der Waals surface area (Å²) in [6.45, 7) is 2.10. The summed E-state index contributed by atoms with van der Waals surface area (Å²) in [7, 11) is 0. The van der Waals surface area contributed by atoms with Crippen LogP contribution in [0.4, 0.5) is 5.69 Å². The lowest BCUT2D eigenvalue weighted by molar-refractivity contribution is -0.124. The lowest BCUT2D eigenvalue weighted by Gasteiger charge is -2.25. The molecule has 0 aliphatic carbocycles. The van der Waals surface area contributed by atoms with E-state index in [1.165, 1.54) is 5.56 Å². The van der Waals surface area contributed by atoms with Crippen molar-refractivity contribution in [2.75, 3.05) is 4.90 Å². The maximum Gasteiger partial charge on any atom is 0.268 e. The van der Waals surface area contributed by atoms with E-state index >= 15 is 0 Å². The second-order valence-corrected chi connectivity index (χ2v) is 5.81. The predicted molar refractivity (Wildman–Crippen MR) is 81.7 cm³/mol. The van der Waals surface area contributed by atoms with Crippen LogP contribution in [0.15, 0.2) is 48.5 Å². The van der Waals surface area contributed by atoms with Crippen LogP contribution in [0.25, 0.3) is 0 Å². The van der Waals surface area contributed by atoms with Crippen LogP contribution >= 0.6 is 0 Å². The first-order valence-corrected chi connectivity index (χ1v) is 7.39. The molecule has 2 heterocycles. The summed E-state index contributed by atoms with van der Waals surface area (Å²) in [4.78, 5) is 14.8.